The van der Waals surface area contributed by atoms with Crippen molar-refractivity contribution >= 4 is 11.9 Å². The lowest BCUT2D eigenvalue weighted by atomic mass is 9.88. The van der Waals surface area contributed by atoms with E-state index in [4.69, 9.17) is 0 Å². The monoisotopic (exact) mass is 494 g/mol. The van der Waals surface area contributed by atoms with E-state index in [9.17, 15) is 26.7 Å². The van der Waals surface area contributed by atoms with Gasteiger partial charge in [0.2, 0.25) is 5.95 Å². The molecule has 1 saturated heterocycles. The lowest BCUT2D eigenvalue weighted by molar-refractivity contribution is -0.138. The summed E-state index contributed by atoms with van der Waals surface area (Å²) in [6, 6.07) is 8.30. The molecule has 35 heavy (non-hydrogen) atoms. The number of alkyl halides is 5. The van der Waals surface area contributed by atoms with Crippen molar-refractivity contribution in [3.8, 4) is 11.1 Å². The second kappa shape index (κ2) is 9.23. The summed E-state index contributed by atoms with van der Waals surface area (Å²) in [7, 11) is 1.64. The molecular weight excluding hydrogens is 471 g/mol. The highest BCUT2D eigenvalue weighted by molar-refractivity contribution is 5.99. The van der Waals surface area contributed by atoms with Crippen LogP contribution in [0.3, 0.4) is 0 Å². The first kappa shape index (κ1) is 24.6. The number of nitrogens with one attached hydrogen (secondary N) is 1. The van der Waals surface area contributed by atoms with Gasteiger partial charge in [0.25, 0.3) is 11.8 Å². The maximum atomic E-state index is 14.5. The van der Waals surface area contributed by atoms with Gasteiger partial charge in [-0.15, -0.1) is 0 Å². The van der Waals surface area contributed by atoms with Crippen LogP contribution >= 0.6 is 0 Å². The van der Waals surface area contributed by atoms with Crippen LogP contribution in [-0.4, -0.2) is 55.6 Å². The number of amides is 1. The number of hydrogen-bond acceptors (Lipinski definition) is 5. The summed E-state index contributed by atoms with van der Waals surface area (Å²) in [5, 5.41) is 7.03. The third kappa shape index (κ3) is 5.41. The lowest BCUT2D eigenvalue weighted by Crippen LogP contribution is -2.57. The Labute approximate surface area is 198 Å². The molecule has 0 bridgehead atoms. The molecule has 1 fully saturated rings. The Morgan fingerprint density at radius 1 is 1.17 bits per heavy atom. The van der Waals surface area contributed by atoms with E-state index in [-0.39, 0.29) is 18.2 Å². The number of hydrogen-bond donors (Lipinski definition) is 1. The van der Waals surface area contributed by atoms with Crippen LogP contribution < -0.4 is 5.32 Å². The zero-order chi connectivity index (χ0) is 25.4. The van der Waals surface area contributed by atoms with Crippen LogP contribution in [0, 0.1) is 5.92 Å². The van der Waals surface area contributed by atoms with Crippen molar-refractivity contribution < 1.29 is 26.7 Å². The Bertz CT molecular complexity index is 1180. The summed E-state index contributed by atoms with van der Waals surface area (Å²) in [4.78, 5) is 22.0. The molecule has 3 aromatic rings. The maximum absolute atomic E-state index is 14.5. The molecule has 1 N–H and O–H groups in total. The second-order valence-corrected chi connectivity index (χ2v) is 8.64. The molecular formula is C23H23F5N6O. The molecule has 0 spiro atoms. The van der Waals surface area contributed by atoms with Gasteiger partial charge in [0, 0.05) is 44.2 Å². The van der Waals surface area contributed by atoms with E-state index < -0.39 is 48.5 Å². The van der Waals surface area contributed by atoms with Gasteiger partial charge in [-0.2, -0.15) is 18.3 Å². The first-order valence-electron chi connectivity index (χ1n) is 10.9. The molecule has 2 aromatic heterocycles. The molecule has 4 rings (SSSR count). The fourth-order valence-electron chi connectivity index (χ4n) is 4.25. The smallest absolute Gasteiger partial charge is 0.352 e. The van der Waals surface area contributed by atoms with Crippen molar-refractivity contribution in [3.05, 3.63) is 60.2 Å². The average molecular weight is 494 g/mol. The van der Waals surface area contributed by atoms with Crippen LogP contribution in [0.4, 0.5) is 27.9 Å². The van der Waals surface area contributed by atoms with Crippen molar-refractivity contribution in [3.63, 3.8) is 0 Å². The highest BCUT2D eigenvalue weighted by Crippen LogP contribution is 2.36. The van der Waals surface area contributed by atoms with Crippen LogP contribution in [0.2, 0.25) is 0 Å². The minimum absolute atomic E-state index is 0.0259. The van der Waals surface area contributed by atoms with E-state index in [1.165, 1.54) is 4.68 Å². The van der Waals surface area contributed by atoms with Gasteiger partial charge in [-0.05, 0) is 11.5 Å². The van der Waals surface area contributed by atoms with Crippen LogP contribution in [0.5, 0.6) is 0 Å². The van der Waals surface area contributed by atoms with Gasteiger partial charge in [-0.25, -0.2) is 18.7 Å². The lowest BCUT2D eigenvalue weighted by Gasteiger charge is -2.43. The molecule has 186 valence electrons. The van der Waals surface area contributed by atoms with Crippen LogP contribution in [-0.2, 0) is 13.2 Å². The number of piperidine rings is 1. The second-order valence-electron chi connectivity index (χ2n) is 8.64. The van der Waals surface area contributed by atoms with Crippen molar-refractivity contribution in [2.45, 2.75) is 31.5 Å². The van der Waals surface area contributed by atoms with Crippen molar-refractivity contribution in [1.82, 2.24) is 24.6 Å². The van der Waals surface area contributed by atoms with E-state index in [0.29, 0.717) is 23.5 Å². The predicted molar refractivity (Wildman–Crippen MR) is 118 cm³/mol. The number of aryl methyl sites for hydroxylation is 1. The zero-order valence-electron chi connectivity index (χ0n) is 18.9. The predicted octanol–water partition coefficient (Wildman–Crippen LogP) is 4.49. The normalized spacial score (nSPS) is 20.0. The molecule has 2 atom stereocenters. The first-order chi connectivity index (χ1) is 16.4. The molecule has 1 amide bonds. The summed E-state index contributed by atoms with van der Waals surface area (Å²) in [6.45, 7) is 0.771. The molecule has 3 heterocycles. The molecule has 0 aliphatic carbocycles. The molecule has 1 aliphatic rings. The third-order valence-corrected chi connectivity index (χ3v) is 5.90. The summed E-state index contributed by atoms with van der Waals surface area (Å²) >= 11 is 0. The maximum Gasteiger partial charge on any atom is 0.419 e. The zero-order valence-corrected chi connectivity index (χ0v) is 18.9. The van der Waals surface area contributed by atoms with Gasteiger partial charge in [-0.3, -0.25) is 9.48 Å². The van der Waals surface area contributed by atoms with E-state index in [1.54, 1.807) is 44.4 Å². The van der Waals surface area contributed by atoms with Crippen LogP contribution in [0.25, 0.3) is 11.1 Å². The number of rotatable bonds is 5. The number of benzene rings is 1. The number of anilines is 1. The number of aromatic nitrogens is 4. The molecule has 2 unspecified atom stereocenters. The highest BCUT2D eigenvalue weighted by Gasteiger charge is 2.47. The van der Waals surface area contributed by atoms with Crippen molar-refractivity contribution in [2.75, 3.05) is 18.4 Å². The summed E-state index contributed by atoms with van der Waals surface area (Å²) in [5.41, 5.74) is 0.263. The van der Waals surface area contributed by atoms with Gasteiger partial charge < -0.3 is 10.2 Å². The number of nitrogens with zero attached hydrogens (tertiary/aromatic N) is 5. The average Bonchev–Trinajstić information content (AvgIpc) is 3.19. The Morgan fingerprint density at radius 2 is 1.83 bits per heavy atom. The summed E-state index contributed by atoms with van der Waals surface area (Å²) < 4.78 is 68.8. The molecule has 1 aromatic carbocycles. The van der Waals surface area contributed by atoms with Crippen LogP contribution in [0.15, 0.2) is 48.9 Å². The van der Waals surface area contributed by atoms with Gasteiger partial charge in [-0.1, -0.05) is 37.3 Å². The van der Waals surface area contributed by atoms with E-state index in [2.05, 4.69) is 20.4 Å². The van der Waals surface area contributed by atoms with Gasteiger partial charge in [0.15, 0.2) is 5.69 Å². The number of halogens is 5. The quantitative estimate of drug-likeness (QED) is 0.529. The molecule has 7 nitrogen and oxygen atoms in total. The van der Waals surface area contributed by atoms with Gasteiger partial charge >= 0.3 is 6.18 Å². The minimum Gasteiger partial charge on any atom is -0.352 e. The Morgan fingerprint density at radius 3 is 2.46 bits per heavy atom. The summed E-state index contributed by atoms with van der Waals surface area (Å²) in [6.07, 6.45) is -2.10. The Hall–Kier alpha value is -3.57. The number of carbonyl (C=O) groups excluding carboxylic acids is 1. The van der Waals surface area contributed by atoms with Gasteiger partial charge in [0.1, 0.15) is 0 Å². The van der Waals surface area contributed by atoms with Crippen molar-refractivity contribution in [1.29, 1.82) is 0 Å². The van der Waals surface area contributed by atoms with Crippen molar-refractivity contribution in [2.24, 2.45) is 13.0 Å². The SMILES string of the molecule is CC1CC(F)(F)CN(C(=O)c2nn(C)cc2-c2ccccc2)C1CNc1ncc(C(F)(F)F)cn1. The summed E-state index contributed by atoms with van der Waals surface area (Å²) in [5.74, 6) is -4.47. The van der Waals surface area contributed by atoms with Crippen LogP contribution in [0.1, 0.15) is 29.4 Å². The van der Waals surface area contributed by atoms with Gasteiger partial charge in [0.05, 0.1) is 18.2 Å². The van der Waals surface area contributed by atoms with E-state index >= 15 is 0 Å². The first-order valence-corrected chi connectivity index (χ1v) is 10.9. The number of likely N-dealkylation sites (tertiary alicyclic amines) is 1. The molecule has 0 radical (unpaired) electrons. The Kier molecular flexibility index (Phi) is 6.48. The third-order valence-electron chi connectivity index (χ3n) is 5.90. The number of carbonyl (C=O) groups is 1. The minimum atomic E-state index is -4.58. The molecule has 0 saturated carbocycles. The molecule has 12 heteroatoms. The topological polar surface area (TPSA) is 75.9 Å². The van der Waals surface area contributed by atoms with E-state index in [0.717, 1.165) is 4.90 Å². The highest BCUT2D eigenvalue weighted by atomic mass is 19.4. The Balaban J connectivity index is 1.60. The fraction of sp³-hybridized carbons (Fsp3) is 0.391. The standard InChI is InChI=1S/C23H23F5N6O/c1-14-8-22(24,25)13-34(18(14)11-31-21-29-9-16(10-30-21)23(26,27)28)20(35)19-17(12-33(2)32-19)15-6-4-3-5-7-15/h3-7,9-10,12,14,18H,8,11,13H2,1-2H3,(H,29,30,31). The molecule has 1 aliphatic heterocycles. The fourth-order valence-corrected chi connectivity index (χ4v) is 4.25. The largest absolute Gasteiger partial charge is 0.419 e. The van der Waals surface area contributed by atoms with E-state index in [1.807, 2.05) is 6.07 Å².